The molecular weight excluding hydrogens is 312 g/mol. The zero-order chi connectivity index (χ0) is 14.4. The molecule has 0 heterocycles. The van der Waals surface area contributed by atoms with Crippen LogP contribution in [0.1, 0.15) is 0 Å². The largest absolute Gasteiger partial charge is 0.294 e. The quantitative estimate of drug-likeness (QED) is 0.619. The van der Waals surface area contributed by atoms with Crippen LogP contribution in [0.25, 0.3) is 0 Å². The van der Waals surface area contributed by atoms with E-state index in [1.165, 1.54) is 0 Å². The Labute approximate surface area is 102 Å². The van der Waals surface area contributed by atoms with Crippen LogP contribution in [0.5, 0.6) is 0 Å². The molecule has 1 aromatic rings. The molecule has 18 heavy (non-hydrogen) atoms. The second kappa shape index (κ2) is 4.25. The smallest absolute Gasteiger partial charge is 0.282 e. The highest BCUT2D eigenvalue weighted by atomic mass is 32.2. The van der Waals surface area contributed by atoms with Gasteiger partial charge in [-0.2, -0.15) is 25.3 Å². The summed E-state index contributed by atoms with van der Waals surface area (Å²) in [5.74, 6) is 0. The van der Waals surface area contributed by atoms with Gasteiger partial charge in [-0.25, -0.2) is 0 Å². The Kier molecular flexibility index (Phi) is 3.55. The topological polar surface area (TPSA) is 163 Å². The van der Waals surface area contributed by atoms with Crippen molar-refractivity contribution in [3.05, 3.63) is 18.2 Å². The van der Waals surface area contributed by atoms with Gasteiger partial charge in [0, 0.05) is 0 Å². The van der Waals surface area contributed by atoms with E-state index in [2.05, 4.69) is 0 Å². The monoisotopic (exact) mass is 318 g/mol. The molecule has 0 saturated carbocycles. The van der Waals surface area contributed by atoms with E-state index in [1.54, 1.807) is 0 Å². The molecule has 1 rings (SSSR count). The second-order valence-electron chi connectivity index (χ2n) is 3.07. The molecule has 0 amide bonds. The minimum absolute atomic E-state index is 0.333. The SMILES string of the molecule is O=S(=O)(O)c1cc(S(=O)(=O)O)cc(S(=O)(=O)O)c1. The Hall–Kier alpha value is -1.05. The molecule has 1 aromatic carbocycles. The zero-order valence-corrected chi connectivity index (χ0v) is 10.7. The van der Waals surface area contributed by atoms with Crippen molar-refractivity contribution in [2.75, 3.05) is 0 Å². The lowest BCUT2D eigenvalue weighted by Gasteiger charge is -2.04. The van der Waals surface area contributed by atoms with Gasteiger partial charge in [-0.05, 0) is 18.2 Å². The third kappa shape index (κ3) is 3.47. The van der Waals surface area contributed by atoms with E-state index in [0.29, 0.717) is 18.2 Å². The Balaban J connectivity index is 3.82. The van der Waals surface area contributed by atoms with Crippen LogP contribution in [-0.2, 0) is 30.4 Å². The third-order valence-corrected chi connectivity index (χ3v) is 4.24. The molecule has 0 spiro atoms. The molecule has 102 valence electrons. The van der Waals surface area contributed by atoms with Crippen LogP contribution < -0.4 is 0 Å². The van der Waals surface area contributed by atoms with Gasteiger partial charge in [0.2, 0.25) is 0 Å². The standard InChI is InChI=1S/C6H6O9S3/c7-16(8,9)4-1-5(17(10,11)12)3-6(2-4)18(13,14)15/h1-3H,(H,7,8,9)(H,10,11,12)(H,13,14,15). The molecule has 0 aliphatic heterocycles. The molecule has 3 N–H and O–H groups in total. The van der Waals surface area contributed by atoms with Crippen LogP contribution in [0.2, 0.25) is 0 Å². The highest BCUT2D eigenvalue weighted by molar-refractivity contribution is 7.87. The molecular formula is C6H6O9S3. The summed E-state index contributed by atoms with van der Waals surface area (Å²) in [6.07, 6.45) is 0. The lowest BCUT2D eigenvalue weighted by Crippen LogP contribution is -2.07. The lowest BCUT2D eigenvalue weighted by molar-refractivity contribution is 0.478. The summed E-state index contributed by atoms with van der Waals surface area (Å²) in [5, 5.41) is 0. The third-order valence-electron chi connectivity index (χ3n) is 1.75. The van der Waals surface area contributed by atoms with E-state index in [-0.39, 0.29) is 0 Å². The van der Waals surface area contributed by atoms with Gasteiger partial charge in [0.25, 0.3) is 30.4 Å². The maximum Gasteiger partial charge on any atom is 0.294 e. The minimum atomic E-state index is -4.92. The van der Waals surface area contributed by atoms with Crippen molar-refractivity contribution in [1.29, 1.82) is 0 Å². The van der Waals surface area contributed by atoms with Gasteiger partial charge in [-0.1, -0.05) is 0 Å². The zero-order valence-electron chi connectivity index (χ0n) is 8.25. The highest BCUT2D eigenvalue weighted by Crippen LogP contribution is 2.21. The van der Waals surface area contributed by atoms with E-state index in [1.807, 2.05) is 0 Å². The van der Waals surface area contributed by atoms with Crippen LogP contribution in [-0.4, -0.2) is 38.9 Å². The van der Waals surface area contributed by atoms with Gasteiger partial charge < -0.3 is 0 Å². The number of rotatable bonds is 3. The van der Waals surface area contributed by atoms with Gasteiger partial charge >= 0.3 is 0 Å². The molecule has 0 radical (unpaired) electrons. The van der Waals surface area contributed by atoms with Crippen molar-refractivity contribution < 1.29 is 38.9 Å². The molecule has 0 bridgehead atoms. The Morgan fingerprint density at radius 2 is 0.722 bits per heavy atom. The molecule has 12 heteroatoms. The van der Waals surface area contributed by atoms with Gasteiger partial charge in [-0.15, -0.1) is 0 Å². The molecule has 0 aromatic heterocycles. The second-order valence-corrected chi connectivity index (χ2v) is 7.33. The summed E-state index contributed by atoms with van der Waals surface area (Å²) in [7, 11) is -14.8. The van der Waals surface area contributed by atoms with Gasteiger partial charge in [-0.3, -0.25) is 13.7 Å². The van der Waals surface area contributed by atoms with Gasteiger partial charge in [0.1, 0.15) is 0 Å². The summed E-state index contributed by atoms with van der Waals surface area (Å²) >= 11 is 0. The van der Waals surface area contributed by atoms with E-state index in [9.17, 15) is 25.3 Å². The van der Waals surface area contributed by atoms with Crippen LogP contribution in [0.3, 0.4) is 0 Å². The Bertz CT molecular complexity index is 663. The molecule has 9 nitrogen and oxygen atoms in total. The summed E-state index contributed by atoms with van der Waals surface area (Å²) in [6, 6.07) is 0.998. The van der Waals surface area contributed by atoms with Crippen molar-refractivity contribution in [1.82, 2.24) is 0 Å². The van der Waals surface area contributed by atoms with Crippen molar-refractivity contribution in [3.8, 4) is 0 Å². The maximum atomic E-state index is 10.8. The van der Waals surface area contributed by atoms with E-state index >= 15 is 0 Å². The number of benzene rings is 1. The molecule has 0 aliphatic rings. The average molecular weight is 318 g/mol. The summed E-state index contributed by atoms with van der Waals surface area (Å²) in [6.45, 7) is 0. The van der Waals surface area contributed by atoms with Gasteiger partial charge in [0.05, 0.1) is 14.7 Å². The lowest BCUT2D eigenvalue weighted by atomic mass is 10.4. The van der Waals surface area contributed by atoms with Crippen LogP contribution in [0, 0.1) is 0 Å². The van der Waals surface area contributed by atoms with Crippen LogP contribution >= 0.6 is 0 Å². The molecule has 0 saturated heterocycles. The first-order valence-electron chi connectivity index (χ1n) is 3.89. The number of hydrogen-bond donors (Lipinski definition) is 3. The predicted molar refractivity (Wildman–Crippen MR) is 55.9 cm³/mol. The summed E-state index contributed by atoms with van der Waals surface area (Å²) in [5.41, 5.74) is 0. The fourth-order valence-corrected chi connectivity index (χ4v) is 2.87. The van der Waals surface area contributed by atoms with Crippen LogP contribution in [0.15, 0.2) is 32.9 Å². The average Bonchev–Trinajstić information content (AvgIpc) is 2.13. The summed E-state index contributed by atoms with van der Waals surface area (Å²) < 4.78 is 90.8. The first-order chi connectivity index (χ1) is 7.82. The maximum absolute atomic E-state index is 10.8. The van der Waals surface area contributed by atoms with Crippen molar-refractivity contribution in [3.63, 3.8) is 0 Å². The van der Waals surface area contributed by atoms with Crippen molar-refractivity contribution >= 4 is 30.4 Å². The summed E-state index contributed by atoms with van der Waals surface area (Å²) in [4.78, 5) is -3.32. The normalized spacial score (nSPS) is 13.5. The fourth-order valence-electron chi connectivity index (χ4n) is 0.992. The Morgan fingerprint density at radius 1 is 0.556 bits per heavy atom. The molecule has 0 fully saturated rings. The van der Waals surface area contributed by atoms with Crippen molar-refractivity contribution in [2.45, 2.75) is 14.7 Å². The first-order valence-corrected chi connectivity index (χ1v) is 8.21. The fraction of sp³-hybridized carbons (Fsp3) is 0. The van der Waals surface area contributed by atoms with E-state index in [0.717, 1.165) is 0 Å². The molecule has 0 aliphatic carbocycles. The minimum Gasteiger partial charge on any atom is -0.282 e. The molecule has 0 atom stereocenters. The van der Waals surface area contributed by atoms with E-state index < -0.39 is 45.0 Å². The van der Waals surface area contributed by atoms with Crippen molar-refractivity contribution in [2.24, 2.45) is 0 Å². The molecule has 0 unspecified atom stereocenters. The first kappa shape index (κ1) is 15.0. The predicted octanol–water partition coefficient (Wildman–Crippen LogP) is -0.573. The van der Waals surface area contributed by atoms with Gasteiger partial charge in [0.15, 0.2) is 0 Å². The van der Waals surface area contributed by atoms with Crippen LogP contribution in [0.4, 0.5) is 0 Å². The Morgan fingerprint density at radius 3 is 0.833 bits per heavy atom. The number of hydrogen-bond acceptors (Lipinski definition) is 6. The van der Waals surface area contributed by atoms with E-state index in [4.69, 9.17) is 13.7 Å². The highest BCUT2D eigenvalue weighted by Gasteiger charge is 2.22.